The maximum Gasteiger partial charge on any atom is 0.310 e. The van der Waals surface area contributed by atoms with Crippen LogP contribution < -0.4 is 4.74 Å². The fraction of sp³-hybridized carbons (Fsp3) is 0.278. The fourth-order valence-corrected chi connectivity index (χ4v) is 2.58. The van der Waals surface area contributed by atoms with Crippen molar-refractivity contribution >= 4 is 11.5 Å². The number of carbonyl (C=O) groups is 1. The molecular formula is C18H19NO4. The highest BCUT2D eigenvalue weighted by atomic mass is 16.6. The van der Waals surface area contributed by atoms with Gasteiger partial charge in [-0.25, -0.2) is 0 Å². The van der Waals surface area contributed by atoms with Crippen molar-refractivity contribution in [2.75, 3.05) is 6.61 Å². The minimum Gasteiger partial charge on any atom is -0.478 e. The van der Waals surface area contributed by atoms with Crippen LogP contribution in [0, 0.1) is 37.8 Å². The van der Waals surface area contributed by atoms with Gasteiger partial charge in [-0.3, -0.25) is 14.9 Å². The lowest BCUT2D eigenvalue weighted by Crippen LogP contribution is -2.16. The summed E-state index contributed by atoms with van der Waals surface area (Å²) < 4.78 is 5.41. The first-order valence-corrected chi connectivity index (χ1v) is 7.29. The van der Waals surface area contributed by atoms with Crippen LogP contribution in [0.5, 0.6) is 5.75 Å². The van der Waals surface area contributed by atoms with Crippen LogP contribution in [0.2, 0.25) is 0 Å². The Hall–Kier alpha value is -2.69. The van der Waals surface area contributed by atoms with Crippen LogP contribution in [-0.4, -0.2) is 17.3 Å². The molecule has 0 aliphatic rings. The van der Waals surface area contributed by atoms with Crippen molar-refractivity contribution < 1.29 is 14.5 Å². The van der Waals surface area contributed by atoms with Crippen molar-refractivity contribution in [3.63, 3.8) is 0 Å². The lowest BCUT2D eigenvalue weighted by molar-refractivity contribution is -0.385. The topological polar surface area (TPSA) is 69.4 Å². The van der Waals surface area contributed by atoms with E-state index in [1.54, 1.807) is 12.1 Å². The number of ketones is 1. The van der Waals surface area contributed by atoms with Gasteiger partial charge < -0.3 is 4.74 Å². The average Bonchev–Trinajstić information content (AvgIpc) is 2.51. The molecule has 0 amide bonds. The third kappa shape index (κ3) is 3.39. The van der Waals surface area contributed by atoms with Gasteiger partial charge in [0, 0.05) is 11.6 Å². The molecule has 120 valence electrons. The molecule has 0 spiro atoms. The molecule has 5 nitrogen and oxygen atoms in total. The van der Waals surface area contributed by atoms with Crippen LogP contribution in [0.15, 0.2) is 30.3 Å². The minimum atomic E-state index is -0.521. The van der Waals surface area contributed by atoms with E-state index in [9.17, 15) is 14.9 Å². The van der Waals surface area contributed by atoms with Crippen LogP contribution in [0.4, 0.5) is 5.69 Å². The van der Waals surface area contributed by atoms with Gasteiger partial charge in [-0.05, 0) is 56.0 Å². The number of hydrogen-bond donors (Lipinski definition) is 0. The van der Waals surface area contributed by atoms with E-state index in [1.165, 1.54) is 12.1 Å². The molecule has 5 heteroatoms. The molecule has 0 atom stereocenters. The molecule has 0 heterocycles. The number of carbonyl (C=O) groups excluding carboxylic acids is 1. The molecule has 0 saturated carbocycles. The van der Waals surface area contributed by atoms with Crippen molar-refractivity contribution in [1.29, 1.82) is 0 Å². The Morgan fingerprint density at radius 1 is 1.09 bits per heavy atom. The molecule has 0 aliphatic heterocycles. The zero-order chi connectivity index (χ0) is 17.1. The van der Waals surface area contributed by atoms with Gasteiger partial charge in [0.05, 0.1) is 4.92 Å². The number of aryl methyl sites for hydroxylation is 2. The SMILES string of the molecule is Cc1cc(C)c(C)c(C(=O)COc2ccccc2[N+](=O)[O-])c1C. The van der Waals surface area contributed by atoms with Crippen LogP contribution in [0.1, 0.15) is 32.6 Å². The highest BCUT2D eigenvalue weighted by Crippen LogP contribution is 2.27. The van der Waals surface area contributed by atoms with Crippen LogP contribution in [0.3, 0.4) is 0 Å². The van der Waals surface area contributed by atoms with Gasteiger partial charge in [0.2, 0.25) is 5.78 Å². The first-order chi connectivity index (χ1) is 10.8. The van der Waals surface area contributed by atoms with Crippen molar-refractivity contribution in [3.05, 3.63) is 68.3 Å². The highest BCUT2D eigenvalue weighted by Gasteiger charge is 2.19. The zero-order valence-electron chi connectivity index (χ0n) is 13.7. The van der Waals surface area contributed by atoms with Crippen LogP contribution in [-0.2, 0) is 0 Å². The van der Waals surface area contributed by atoms with Gasteiger partial charge >= 0.3 is 5.69 Å². The summed E-state index contributed by atoms with van der Waals surface area (Å²) in [5.41, 5.74) is 4.42. The number of nitro benzene ring substituents is 1. The second kappa shape index (κ2) is 6.60. The number of nitrogens with zero attached hydrogens (tertiary/aromatic N) is 1. The first kappa shape index (κ1) is 16.7. The summed E-state index contributed by atoms with van der Waals surface area (Å²) in [5.74, 6) is -0.0736. The Morgan fingerprint density at radius 3 is 2.22 bits per heavy atom. The van der Waals surface area contributed by atoms with Crippen LogP contribution in [0.25, 0.3) is 0 Å². The predicted octanol–water partition coefficient (Wildman–Crippen LogP) is 4.09. The maximum absolute atomic E-state index is 12.6. The van der Waals surface area contributed by atoms with Gasteiger partial charge in [-0.2, -0.15) is 0 Å². The second-order valence-corrected chi connectivity index (χ2v) is 5.57. The third-order valence-electron chi connectivity index (χ3n) is 4.07. The van der Waals surface area contributed by atoms with E-state index < -0.39 is 4.92 Å². The normalized spacial score (nSPS) is 10.4. The number of para-hydroxylation sites is 2. The first-order valence-electron chi connectivity index (χ1n) is 7.29. The van der Waals surface area contributed by atoms with E-state index in [2.05, 4.69) is 0 Å². The lowest BCUT2D eigenvalue weighted by Gasteiger charge is -2.14. The van der Waals surface area contributed by atoms with E-state index in [4.69, 9.17) is 4.74 Å². The number of ether oxygens (including phenoxy) is 1. The number of Topliss-reactive ketones (excluding diaryl/α,β-unsaturated/α-hetero) is 1. The summed E-state index contributed by atoms with van der Waals surface area (Å²) >= 11 is 0. The average molecular weight is 313 g/mol. The molecule has 2 aromatic carbocycles. The Bertz CT molecular complexity index is 755. The Kier molecular flexibility index (Phi) is 4.79. The zero-order valence-corrected chi connectivity index (χ0v) is 13.7. The minimum absolute atomic E-state index is 0.102. The quantitative estimate of drug-likeness (QED) is 0.473. The molecule has 0 bridgehead atoms. The summed E-state index contributed by atoms with van der Waals surface area (Å²) in [6.07, 6.45) is 0. The van der Waals surface area contributed by atoms with E-state index in [0.717, 1.165) is 22.3 Å². The van der Waals surface area contributed by atoms with Gasteiger partial charge in [-0.1, -0.05) is 18.2 Å². The van der Waals surface area contributed by atoms with Gasteiger partial charge in [-0.15, -0.1) is 0 Å². The summed E-state index contributed by atoms with van der Waals surface area (Å²) in [7, 11) is 0. The standard InChI is InChI=1S/C18H19NO4/c1-11-9-12(2)14(4)18(13(11)3)16(20)10-23-17-8-6-5-7-15(17)19(21)22/h5-9H,10H2,1-4H3. The molecule has 0 saturated heterocycles. The molecule has 0 fully saturated rings. The van der Waals surface area contributed by atoms with E-state index in [-0.39, 0.29) is 23.8 Å². The fourth-order valence-electron chi connectivity index (χ4n) is 2.58. The molecular weight excluding hydrogens is 294 g/mol. The highest BCUT2D eigenvalue weighted by molar-refractivity contribution is 6.00. The molecule has 0 aliphatic carbocycles. The molecule has 2 rings (SSSR count). The number of benzene rings is 2. The molecule has 2 aromatic rings. The molecule has 23 heavy (non-hydrogen) atoms. The third-order valence-corrected chi connectivity index (χ3v) is 4.07. The molecule has 0 N–H and O–H groups in total. The summed E-state index contributed by atoms with van der Waals surface area (Å²) in [6.45, 7) is 7.50. The smallest absolute Gasteiger partial charge is 0.310 e. The van der Waals surface area contributed by atoms with Crippen molar-refractivity contribution in [2.24, 2.45) is 0 Å². The van der Waals surface area contributed by atoms with E-state index in [0.29, 0.717) is 5.56 Å². The maximum atomic E-state index is 12.6. The number of rotatable bonds is 5. The molecule has 0 radical (unpaired) electrons. The van der Waals surface area contributed by atoms with Gasteiger partial charge in [0.25, 0.3) is 0 Å². The van der Waals surface area contributed by atoms with Crippen LogP contribution >= 0.6 is 0 Å². The predicted molar refractivity (Wildman–Crippen MR) is 88.3 cm³/mol. The van der Waals surface area contributed by atoms with Gasteiger partial charge in [0.15, 0.2) is 12.4 Å². The largest absolute Gasteiger partial charge is 0.478 e. The van der Waals surface area contributed by atoms with E-state index >= 15 is 0 Å². The number of hydrogen-bond acceptors (Lipinski definition) is 4. The monoisotopic (exact) mass is 313 g/mol. The van der Waals surface area contributed by atoms with Crippen molar-refractivity contribution in [3.8, 4) is 5.75 Å². The number of nitro groups is 1. The van der Waals surface area contributed by atoms with Crippen molar-refractivity contribution in [2.45, 2.75) is 27.7 Å². The Balaban J connectivity index is 2.27. The second-order valence-electron chi connectivity index (χ2n) is 5.57. The summed E-state index contributed by atoms with van der Waals surface area (Å²) in [6, 6.07) is 8.09. The lowest BCUT2D eigenvalue weighted by atomic mass is 9.92. The summed E-state index contributed by atoms with van der Waals surface area (Å²) in [4.78, 5) is 23.0. The Morgan fingerprint density at radius 2 is 1.65 bits per heavy atom. The molecule has 0 aromatic heterocycles. The molecule has 0 unspecified atom stereocenters. The van der Waals surface area contributed by atoms with Crippen molar-refractivity contribution in [1.82, 2.24) is 0 Å². The Labute approximate surface area is 135 Å². The van der Waals surface area contributed by atoms with E-state index in [1.807, 2.05) is 33.8 Å². The van der Waals surface area contributed by atoms with Gasteiger partial charge in [0.1, 0.15) is 0 Å². The summed E-state index contributed by atoms with van der Waals surface area (Å²) in [5, 5.41) is 11.0.